The van der Waals surface area contributed by atoms with Crippen LogP contribution in [0.5, 0.6) is 0 Å². The van der Waals surface area contributed by atoms with Crippen molar-refractivity contribution in [3.05, 3.63) is 65.2 Å². The summed E-state index contributed by atoms with van der Waals surface area (Å²) in [6.07, 6.45) is 0. The first-order valence-electron chi connectivity index (χ1n) is 7.20. The smallest absolute Gasteiger partial charge is 0.173 e. The highest BCUT2D eigenvalue weighted by Gasteiger charge is 2.14. The molecule has 2 aromatic rings. The number of benzene rings is 2. The van der Waals surface area contributed by atoms with Crippen molar-refractivity contribution in [3.63, 3.8) is 0 Å². The molecule has 2 rings (SSSR count). The van der Waals surface area contributed by atoms with Crippen LogP contribution in [0.3, 0.4) is 0 Å². The summed E-state index contributed by atoms with van der Waals surface area (Å²) in [7, 11) is 0. The Kier molecular flexibility index (Phi) is 4.89. The Morgan fingerprint density at radius 3 is 2.19 bits per heavy atom. The fourth-order valence-electron chi connectivity index (χ4n) is 2.10. The molecule has 0 bridgehead atoms. The van der Waals surface area contributed by atoms with Crippen molar-refractivity contribution >= 4 is 17.5 Å². The first-order chi connectivity index (χ1) is 9.88. The molecule has 0 unspecified atom stereocenters. The lowest BCUT2D eigenvalue weighted by Gasteiger charge is -2.19. The van der Waals surface area contributed by atoms with E-state index in [1.165, 1.54) is 16.0 Å². The molecule has 2 heteroatoms. The number of carbonyl (C=O) groups is 1. The van der Waals surface area contributed by atoms with Gasteiger partial charge in [-0.2, -0.15) is 0 Å². The maximum Gasteiger partial charge on any atom is 0.173 e. The minimum atomic E-state index is 0.122. The summed E-state index contributed by atoms with van der Waals surface area (Å²) in [5.74, 6) is 0.670. The summed E-state index contributed by atoms with van der Waals surface area (Å²) in [6.45, 7) is 8.61. The van der Waals surface area contributed by atoms with E-state index in [1.54, 1.807) is 11.8 Å². The van der Waals surface area contributed by atoms with Gasteiger partial charge in [0, 0.05) is 10.5 Å². The van der Waals surface area contributed by atoms with Gasteiger partial charge in [0.05, 0.1) is 5.75 Å². The third-order valence-corrected chi connectivity index (χ3v) is 4.70. The molecule has 0 radical (unpaired) electrons. The summed E-state index contributed by atoms with van der Waals surface area (Å²) >= 11 is 1.61. The number of ketones is 1. The predicted octanol–water partition coefficient (Wildman–Crippen LogP) is 5.27. The van der Waals surface area contributed by atoms with E-state index in [2.05, 4.69) is 52.0 Å². The molecule has 0 fully saturated rings. The standard InChI is InChI=1S/C19H22OS/c1-14-7-5-6-8-18(14)21-13-17(20)15-9-11-16(12-10-15)19(2,3)4/h5-12H,13H2,1-4H3. The molecular formula is C19H22OS. The maximum absolute atomic E-state index is 12.3. The van der Waals surface area contributed by atoms with E-state index in [9.17, 15) is 4.79 Å². The molecule has 0 saturated heterocycles. The SMILES string of the molecule is Cc1ccccc1SCC(=O)c1ccc(C(C)(C)C)cc1. The van der Waals surface area contributed by atoms with Crippen molar-refractivity contribution in [1.29, 1.82) is 0 Å². The van der Waals surface area contributed by atoms with Gasteiger partial charge in [0.2, 0.25) is 0 Å². The second-order valence-electron chi connectivity index (χ2n) is 6.30. The van der Waals surface area contributed by atoms with Gasteiger partial charge in [0.15, 0.2) is 5.78 Å². The molecular weight excluding hydrogens is 276 g/mol. The fourth-order valence-corrected chi connectivity index (χ4v) is 3.02. The molecule has 0 spiro atoms. The van der Waals surface area contributed by atoms with Gasteiger partial charge in [-0.25, -0.2) is 0 Å². The van der Waals surface area contributed by atoms with Gasteiger partial charge in [0.1, 0.15) is 0 Å². The van der Waals surface area contributed by atoms with E-state index < -0.39 is 0 Å². The Morgan fingerprint density at radius 2 is 1.62 bits per heavy atom. The Bertz CT molecular complexity index is 621. The third kappa shape index (κ3) is 4.21. The molecule has 0 amide bonds. The van der Waals surface area contributed by atoms with Crippen LogP contribution in [0.2, 0.25) is 0 Å². The lowest BCUT2D eigenvalue weighted by Crippen LogP contribution is -2.11. The minimum absolute atomic E-state index is 0.122. The van der Waals surface area contributed by atoms with Gasteiger partial charge >= 0.3 is 0 Å². The molecule has 110 valence electrons. The minimum Gasteiger partial charge on any atom is -0.293 e. The Balaban J connectivity index is 2.03. The van der Waals surface area contributed by atoms with Crippen molar-refractivity contribution in [3.8, 4) is 0 Å². The first-order valence-corrected chi connectivity index (χ1v) is 8.18. The van der Waals surface area contributed by atoms with E-state index >= 15 is 0 Å². The highest BCUT2D eigenvalue weighted by atomic mass is 32.2. The highest BCUT2D eigenvalue weighted by Crippen LogP contribution is 2.25. The number of carbonyl (C=O) groups excluding carboxylic acids is 1. The Hall–Kier alpha value is -1.54. The van der Waals surface area contributed by atoms with Crippen molar-refractivity contribution in [2.45, 2.75) is 38.0 Å². The summed E-state index contributed by atoms with van der Waals surface area (Å²) < 4.78 is 0. The lowest BCUT2D eigenvalue weighted by molar-refractivity contribution is 0.102. The van der Waals surface area contributed by atoms with E-state index in [0.29, 0.717) is 5.75 Å². The zero-order valence-electron chi connectivity index (χ0n) is 13.1. The molecule has 0 aromatic heterocycles. The summed E-state index contributed by atoms with van der Waals surface area (Å²) in [5, 5.41) is 0. The number of Topliss-reactive ketones (excluding diaryl/α,β-unsaturated/α-hetero) is 1. The van der Waals surface area contributed by atoms with Crippen LogP contribution in [0.15, 0.2) is 53.4 Å². The van der Waals surface area contributed by atoms with Crippen LogP contribution >= 0.6 is 11.8 Å². The molecule has 2 aromatic carbocycles. The first kappa shape index (κ1) is 15.8. The number of aryl methyl sites for hydroxylation is 1. The molecule has 21 heavy (non-hydrogen) atoms. The number of rotatable bonds is 4. The maximum atomic E-state index is 12.3. The molecule has 0 heterocycles. The zero-order chi connectivity index (χ0) is 15.5. The van der Waals surface area contributed by atoms with Gasteiger partial charge in [-0.05, 0) is 29.5 Å². The van der Waals surface area contributed by atoms with Crippen LogP contribution in [-0.2, 0) is 5.41 Å². The van der Waals surface area contributed by atoms with Crippen LogP contribution in [-0.4, -0.2) is 11.5 Å². The highest BCUT2D eigenvalue weighted by molar-refractivity contribution is 8.00. The number of hydrogen-bond acceptors (Lipinski definition) is 2. The van der Waals surface area contributed by atoms with E-state index in [-0.39, 0.29) is 11.2 Å². The van der Waals surface area contributed by atoms with Gasteiger partial charge in [-0.15, -0.1) is 11.8 Å². The fraction of sp³-hybridized carbons (Fsp3) is 0.316. The molecule has 0 aliphatic heterocycles. The monoisotopic (exact) mass is 298 g/mol. The average Bonchev–Trinajstić information content (AvgIpc) is 2.45. The average molecular weight is 298 g/mol. The van der Waals surface area contributed by atoms with Crippen LogP contribution < -0.4 is 0 Å². The van der Waals surface area contributed by atoms with E-state index in [0.717, 1.165) is 5.56 Å². The predicted molar refractivity (Wildman–Crippen MR) is 91.4 cm³/mol. The molecule has 0 N–H and O–H groups in total. The molecule has 0 aliphatic rings. The van der Waals surface area contributed by atoms with Gasteiger partial charge in [-0.1, -0.05) is 63.2 Å². The largest absolute Gasteiger partial charge is 0.293 e. The normalized spacial score (nSPS) is 11.4. The Morgan fingerprint density at radius 1 is 1.00 bits per heavy atom. The van der Waals surface area contributed by atoms with Crippen LogP contribution in [0, 0.1) is 6.92 Å². The Labute approximate surface area is 131 Å². The van der Waals surface area contributed by atoms with Gasteiger partial charge in [-0.3, -0.25) is 4.79 Å². The second kappa shape index (κ2) is 6.48. The van der Waals surface area contributed by atoms with Gasteiger partial charge in [0.25, 0.3) is 0 Å². The summed E-state index contributed by atoms with van der Waals surface area (Å²) in [5.41, 5.74) is 3.39. The molecule has 1 nitrogen and oxygen atoms in total. The van der Waals surface area contributed by atoms with E-state index in [1.807, 2.05) is 24.3 Å². The zero-order valence-corrected chi connectivity index (χ0v) is 14.0. The van der Waals surface area contributed by atoms with Crippen LogP contribution in [0.1, 0.15) is 42.3 Å². The van der Waals surface area contributed by atoms with Crippen molar-refractivity contribution < 1.29 is 4.79 Å². The number of hydrogen-bond donors (Lipinski definition) is 0. The molecule has 0 saturated carbocycles. The molecule has 0 aliphatic carbocycles. The topological polar surface area (TPSA) is 17.1 Å². The van der Waals surface area contributed by atoms with Crippen molar-refractivity contribution in [2.24, 2.45) is 0 Å². The summed E-state index contributed by atoms with van der Waals surface area (Å²) in [6, 6.07) is 16.2. The van der Waals surface area contributed by atoms with E-state index in [4.69, 9.17) is 0 Å². The third-order valence-electron chi connectivity index (χ3n) is 3.53. The van der Waals surface area contributed by atoms with Crippen molar-refractivity contribution in [1.82, 2.24) is 0 Å². The van der Waals surface area contributed by atoms with Crippen molar-refractivity contribution in [2.75, 3.05) is 5.75 Å². The second-order valence-corrected chi connectivity index (χ2v) is 7.32. The lowest BCUT2D eigenvalue weighted by atomic mass is 9.86. The van der Waals surface area contributed by atoms with Crippen LogP contribution in [0.4, 0.5) is 0 Å². The number of thioether (sulfide) groups is 1. The summed E-state index contributed by atoms with van der Waals surface area (Å²) in [4.78, 5) is 13.4. The molecule has 0 atom stereocenters. The van der Waals surface area contributed by atoms with Crippen LogP contribution in [0.25, 0.3) is 0 Å². The quantitative estimate of drug-likeness (QED) is 0.565. The van der Waals surface area contributed by atoms with Gasteiger partial charge < -0.3 is 0 Å².